The van der Waals surface area contributed by atoms with Gasteiger partial charge in [-0.25, -0.2) is 0 Å². The molecule has 0 aliphatic heterocycles. The highest BCUT2D eigenvalue weighted by Crippen LogP contribution is 2.37. The molecule has 0 bridgehead atoms. The second kappa shape index (κ2) is 4.54. The quantitative estimate of drug-likeness (QED) is 0.892. The van der Waals surface area contributed by atoms with Gasteiger partial charge in [-0.1, -0.05) is 30.3 Å². The summed E-state index contributed by atoms with van der Waals surface area (Å²) in [6, 6.07) is 12.9. The summed E-state index contributed by atoms with van der Waals surface area (Å²) >= 11 is 0. The highest BCUT2D eigenvalue weighted by molar-refractivity contribution is 5.41. The van der Waals surface area contributed by atoms with Gasteiger partial charge in [0, 0.05) is 30.3 Å². The number of fused-ring (bicyclic) bond motifs is 1. The molecule has 2 N–H and O–H groups in total. The molecule has 1 aliphatic rings. The van der Waals surface area contributed by atoms with Crippen LogP contribution in [0.5, 0.6) is 0 Å². The standard InChI is InChI=1S/C16H18N2/c1-11-5-4-8-18-16(11)10-15(17)14-9-12-6-2-3-7-13(12)14/h2-8,14-15H,9-10,17H2,1H3. The van der Waals surface area contributed by atoms with Gasteiger partial charge < -0.3 is 5.73 Å². The lowest BCUT2D eigenvalue weighted by Crippen LogP contribution is -2.37. The Labute approximate surface area is 108 Å². The molecular weight excluding hydrogens is 220 g/mol. The minimum absolute atomic E-state index is 0.175. The number of aromatic nitrogens is 1. The van der Waals surface area contributed by atoms with Crippen LogP contribution in [-0.2, 0) is 12.8 Å². The van der Waals surface area contributed by atoms with Gasteiger partial charge in [0.2, 0.25) is 0 Å². The minimum atomic E-state index is 0.175. The Bertz CT molecular complexity index is 563. The van der Waals surface area contributed by atoms with Crippen molar-refractivity contribution in [1.82, 2.24) is 4.98 Å². The first-order chi connectivity index (χ1) is 8.75. The molecule has 0 saturated heterocycles. The van der Waals surface area contributed by atoms with Gasteiger partial charge in [0.05, 0.1) is 0 Å². The first-order valence-electron chi connectivity index (χ1n) is 6.49. The molecule has 3 rings (SSSR count). The number of rotatable bonds is 3. The topological polar surface area (TPSA) is 38.9 Å². The van der Waals surface area contributed by atoms with Crippen molar-refractivity contribution in [2.24, 2.45) is 5.73 Å². The van der Waals surface area contributed by atoms with Crippen LogP contribution in [0.2, 0.25) is 0 Å². The Hall–Kier alpha value is -1.67. The van der Waals surface area contributed by atoms with Crippen molar-refractivity contribution in [3.8, 4) is 0 Å². The Morgan fingerprint density at radius 2 is 2.11 bits per heavy atom. The van der Waals surface area contributed by atoms with Crippen molar-refractivity contribution in [1.29, 1.82) is 0 Å². The first kappa shape index (κ1) is 11.4. The van der Waals surface area contributed by atoms with Crippen LogP contribution in [0.25, 0.3) is 0 Å². The molecule has 2 aromatic rings. The minimum Gasteiger partial charge on any atom is -0.327 e. The van der Waals surface area contributed by atoms with Crippen LogP contribution >= 0.6 is 0 Å². The maximum absolute atomic E-state index is 6.35. The van der Waals surface area contributed by atoms with Crippen molar-refractivity contribution < 1.29 is 0 Å². The summed E-state index contributed by atoms with van der Waals surface area (Å²) in [5.74, 6) is 0.502. The van der Waals surface area contributed by atoms with Crippen LogP contribution in [-0.4, -0.2) is 11.0 Å². The van der Waals surface area contributed by atoms with Crippen LogP contribution in [0.4, 0.5) is 0 Å². The molecule has 2 heteroatoms. The maximum atomic E-state index is 6.35. The number of pyridine rings is 1. The van der Waals surface area contributed by atoms with Gasteiger partial charge in [0.25, 0.3) is 0 Å². The van der Waals surface area contributed by atoms with Crippen LogP contribution < -0.4 is 5.73 Å². The second-order valence-corrected chi connectivity index (χ2v) is 5.14. The summed E-state index contributed by atoms with van der Waals surface area (Å²) in [5, 5.41) is 0. The summed E-state index contributed by atoms with van der Waals surface area (Å²) in [6.07, 6.45) is 3.83. The van der Waals surface area contributed by atoms with Crippen LogP contribution in [0, 0.1) is 6.92 Å². The zero-order valence-corrected chi connectivity index (χ0v) is 10.6. The average Bonchev–Trinajstić information content (AvgIpc) is 2.34. The molecular formula is C16H18N2. The maximum Gasteiger partial charge on any atom is 0.0448 e. The normalized spacial score (nSPS) is 18.9. The van der Waals surface area contributed by atoms with Gasteiger partial charge in [-0.3, -0.25) is 4.98 Å². The van der Waals surface area contributed by atoms with Crippen molar-refractivity contribution in [2.75, 3.05) is 0 Å². The van der Waals surface area contributed by atoms with E-state index in [0.29, 0.717) is 5.92 Å². The predicted octanol–water partition coefficient (Wildman–Crippen LogP) is 2.60. The summed E-state index contributed by atoms with van der Waals surface area (Å²) < 4.78 is 0. The molecule has 92 valence electrons. The van der Waals surface area contributed by atoms with Crippen molar-refractivity contribution >= 4 is 0 Å². The zero-order chi connectivity index (χ0) is 12.5. The third kappa shape index (κ3) is 1.93. The highest BCUT2D eigenvalue weighted by atomic mass is 14.7. The smallest absolute Gasteiger partial charge is 0.0448 e. The summed E-state index contributed by atoms with van der Waals surface area (Å²) in [5.41, 5.74) is 11.6. The molecule has 0 amide bonds. The highest BCUT2D eigenvalue weighted by Gasteiger charge is 2.30. The van der Waals surface area contributed by atoms with E-state index in [1.54, 1.807) is 0 Å². The fourth-order valence-electron chi connectivity index (χ4n) is 2.78. The molecule has 18 heavy (non-hydrogen) atoms. The molecule has 2 nitrogen and oxygen atoms in total. The summed E-state index contributed by atoms with van der Waals surface area (Å²) in [4.78, 5) is 4.44. The first-order valence-corrected chi connectivity index (χ1v) is 6.49. The molecule has 2 unspecified atom stereocenters. The molecule has 0 radical (unpaired) electrons. The van der Waals surface area contributed by atoms with Crippen LogP contribution in [0.3, 0.4) is 0 Å². The fourth-order valence-corrected chi connectivity index (χ4v) is 2.78. The van der Waals surface area contributed by atoms with Crippen molar-refractivity contribution in [2.45, 2.75) is 31.7 Å². The number of aryl methyl sites for hydroxylation is 1. The van der Waals surface area contributed by atoms with Gasteiger partial charge in [-0.15, -0.1) is 0 Å². The van der Waals surface area contributed by atoms with Gasteiger partial charge in [-0.05, 0) is 36.1 Å². The molecule has 0 spiro atoms. The van der Waals surface area contributed by atoms with E-state index >= 15 is 0 Å². The number of benzene rings is 1. The monoisotopic (exact) mass is 238 g/mol. The largest absolute Gasteiger partial charge is 0.327 e. The van der Waals surface area contributed by atoms with E-state index in [2.05, 4.69) is 42.2 Å². The van der Waals surface area contributed by atoms with Gasteiger partial charge >= 0.3 is 0 Å². The Morgan fingerprint density at radius 1 is 1.28 bits per heavy atom. The lowest BCUT2D eigenvalue weighted by molar-refractivity contribution is 0.476. The van der Waals surface area contributed by atoms with Gasteiger partial charge in [-0.2, -0.15) is 0 Å². The molecule has 0 saturated carbocycles. The van der Waals surface area contributed by atoms with Crippen molar-refractivity contribution in [3.05, 3.63) is 65.0 Å². The summed E-state index contributed by atoms with van der Waals surface area (Å²) in [7, 11) is 0. The number of nitrogens with zero attached hydrogens (tertiary/aromatic N) is 1. The van der Waals surface area contributed by atoms with E-state index in [1.165, 1.54) is 16.7 Å². The molecule has 1 aliphatic carbocycles. The number of hydrogen-bond acceptors (Lipinski definition) is 2. The predicted molar refractivity (Wildman–Crippen MR) is 73.5 cm³/mol. The lowest BCUT2D eigenvalue weighted by atomic mass is 9.72. The average molecular weight is 238 g/mol. The Kier molecular flexibility index (Phi) is 2.88. The van der Waals surface area contributed by atoms with E-state index in [0.717, 1.165) is 18.5 Å². The summed E-state index contributed by atoms with van der Waals surface area (Å²) in [6.45, 7) is 2.10. The molecule has 0 fully saturated rings. The van der Waals surface area contributed by atoms with E-state index in [1.807, 2.05) is 12.3 Å². The van der Waals surface area contributed by atoms with E-state index in [-0.39, 0.29) is 6.04 Å². The molecule has 1 heterocycles. The van der Waals surface area contributed by atoms with Crippen LogP contribution in [0.15, 0.2) is 42.6 Å². The Morgan fingerprint density at radius 3 is 2.89 bits per heavy atom. The number of nitrogens with two attached hydrogens (primary N) is 1. The molecule has 1 aromatic carbocycles. The van der Waals surface area contributed by atoms with E-state index in [9.17, 15) is 0 Å². The Balaban J connectivity index is 1.75. The number of hydrogen-bond donors (Lipinski definition) is 1. The lowest BCUT2D eigenvalue weighted by Gasteiger charge is -2.34. The van der Waals surface area contributed by atoms with E-state index in [4.69, 9.17) is 5.73 Å². The molecule has 1 aromatic heterocycles. The zero-order valence-electron chi connectivity index (χ0n) is 10.6. The van der Waals surface area contributed by atoms with Crippen molar-refractivity contribution in [3.63, 3.8) is 0 Å². The second-order valence-electron chi connectivity index (χ2n) is 5.14. The van der Waals surface area contributed by atoms with Crippen LogP contribution in [0.1, 0.15) is 28.3 Å². The van der Waals surface area contributed by atoms with Gasteiger partial charge in [0.1, 0.15) is 0 Å². The third-order valence-electron chi connectivity index (χ3n) is 3.96. The SMILES string of the molecule is Cc1cccnc1CC(N)C1Cc2ccccc21. The van der Waals surface area contributed by atoms with E-state index < -0.39 is 0 Å². The van der Waals surface area contributed by atoms with Gasteiger partial charge in [0.15, 0.2) is 0 Å². The third-order valence-corrected chi connectivity index (χ3v) is 3.96. The molecule has 2 atom stereocenters. The fraction of sp³-hybridized carbons (Fsp3) is 0.312.